The second-order valence-electron chi connectivity index (χ2n) is 5.91. The molecule has 0 aliphatic carbocycles. The highest BCUT2D eigenvalue weighted by molar-refractivity contribution is 5.92. The third kappa shape index (κ3) is 4.15. The molecule has 1 aromatic rings. The lowest BCUT2D eigenvalue weighted by Gasteiger charge is -2.33. The van der Waals surface area contributed by atoms with Gasteiger partial charge in [-0.25, -0.2) is 8.78 Å². The monoisotopic (exact) mass is 331 g/mol. The van der Waals surface area contributed by atoms with E-state index >= 15 is 0 Å². The molecule has 1 amide bonds. The first-order valence-corrected chi connectivity index (χ1v) is 7.29. The number of nitrogens with zero attached hydrogens (tertiary/aromatic N) is 1. The summed E-state index contributed by atoms with van der Waals surface area (Å²) in [6.45, 7) is 4.16. The Morgan fingerprint density at radius 2 is 1.91 bits per heavy atom. The van der Waals surface area contributed by atoms with Crippen LogP contribution in [0.4, 0.5) is 14.5 Å². The van der Waals surface area contributed by atoms with Gasteiger partial charge in [0.15, 0.2) is 0 Å². The van der Waals surface area contributed by atoms with Crippen LogP contribution in [0.2, 0.25) is 0 Å². The molecule has 22 heavy (non-hydrogen) atoms. The molecule has 0 aromatic heterocycles. The van der Waals surface area contributed by atoms with E-state index in [1.807, 2.05) is 0 Å². The van der Waals surface area contributed by atoms with Crippen LogP contribution in [-0.4, -0.2) is 43.5 Å². The number of carbonyl (C=O) groups excluding carboxylic acids is 1. The number of carbonyl (C=O) groups is 1. The van der Waals surface area contributed by atoms with Crippen molar-refractivity contribution in [1.82, 2.24) is 10.2 Å². The third-order valence-electron chi connectivity index (χ3n) is 4.30. The SMILES string of the molecule is Cl.O=C(CN1CCC2CNCC2C1)Nc1cc(F)cc(F)c1. The van der Waals surface area contributed by atoms with Gasteiger partial charge in [-0.15, -0.1) is 12.4 Å². The quantitative estimate of drug-likeness (QED) is 0.888. The van der Waals surface area contributed by atoms with Crippen molar-refractivity contribution in [2.75, 3.05) is 38.0 Å². The fourth-order valence-electron chi connectivity index (χ4n) is 3.28. The number of halogens is 3. The van der Waals surface area contributed by atoms with Crippen LogP contribution >= 0.6 is 12.4 Å². The number of rotatable bonds is 3. The van der Waals surface area contributed by atoms with Crippen LogP contribution in [0.15, 0.2) is 18.2 Å². The molecule has 122 valence electrons. The maximum atomic E-state index is 13.1. The summed E-state index contributed by atoms with van der Waals surface area (Å²) < 4.78 is 26.2. The average Bonchev–Trinajstić information content (AvgIpc) is 2.84. The van der Waals surface area contributed by atoms with E-state index in [9.17, 15) is 13.6 Å². The molecule has 1 aromatic carbocycles. The number of hydrogen-bond acceptors (Lipinski definition) is 3. The lowest BCUT2D eigenvalue weighted by atomic mass is 9.89. The Kier molecular flexibility index (Phi) is 5.72. The fraction of sp³-hybridized carbons (Fsp3) is 0.533. The number of amides is 1. The summed E-state index contributed by atoms with van der Waals surface area (Å²) in [6.07, 6.45) is 1.10. The summed E-state index contributed by atoms with van der Waals surface area (Å²) in [6, 6.07) is 3.02. The van der Waals surface area contributed by atoms with Gasteiger partial charge in [0.1, 0.15) is 11.6 Å². The minimum Gasteiger partial charge on any atom is -0.325 e. The molecule has 0 saturated carbocycles. The van der Waals surface area contributed by atoms with E-state index in [4.69, 9.17) is 0 Å². The number of anilines is 1. The van der Waals surface area contributed by atoms with Crippen LogP contribution in [0.5, 0.6) is 0 Å². The minimum absolute atomic E-state index is 0. The third-order valence-corrected chi connectivity index (χ3v) is 4.30. The van der Waals surface area contributed by atoms with Crippen LogP contribution < -0.4 is 10.6 Å². The average molecular weight is 332 g/mol. The van der Waals surface area contributed by atoms with Crippen molar-refractivity contribution in [3.8, 4) is 0 Å². The molecule has 7 heteroatoms. The van der Waals surface area contributed by atoms with Crippen molar-refractivity contribution in [2.45, 2.75) is 6.42 Å². The summed E-state index contributed by atoms with van der Waals surface area (Å²) in [5, 5.41) is 5.93. The van der Waals surface area contributed by atoms with E-state index in [1.54, 1.807) is 0 Å². The van der Waals surface area contributed by atoms with Gasteiger partial charge in [0.05, 0.1) is 6.54 Å². The Balaban J connectivity index is 0.00000176. The molecule has 0 bridgehead atoms. The number of hydrogen-bond donors (Lipinski definition) is 2. The molecule has 2 saturated heterocycles. The number of benzene rings is 1. The molecule has 2 aliphatic heterocycles. The maximum absolute atomic E-state index is 13.1. The molecule has 2 heterocycles. The topological polar surface area (TPSA) is 44.4 Å². The summed E-state index contributed by atoms with van der Waals surface area (Å²) in [4.78, 5) is 14.1. The zero-order valence-electron chi connectivity index (χ0n) is 12.1. The molecular formula is C15H20ClF2N3O. The Hall–Kier alpha value is -1.24. The van der Waals surface area contributed by atoms with Crippen LogP contribution in [0.3, 0.4) is 0 Å². The van der Waals surface area contributed by atoms with E-state index in [-0.39, 0.29) is 30.5 Å². The number of likely N-dealkylation sites (tertiary alicyclic amines) is 1. The van der Waals surface area contributed by atoms with Crippen molar-refractivity contribution < 1.29 is 13.6 Å². The zero-order valence-corrected chi connectivity index (χ0v) is 13.0. The molecule has 2 aliphatic rings. The van der Waals surface area contributed by atoms with Gasteiger partial charge >= 0.3 is 0 Å². The van der Waals surface area contributed by atoms with E-state index in [0.717, 1.165) is 56.7 Å². The second-order valence-corrected chi connectivity index (χ2v) is 5.91. The van der Waals surface area contributed by atoms with Crippen LogP contribution in [0.1, 0.15) is 6.42 Å². The fourth-order valence-corrected chi connectivity index (χ4v) is 3.28. The molecule has 4 nitrogen and oxygen atoms in total. The van der Waals surface area contributed by atoms with Crippen molar-refractivity contribution in [2.24, 2.45) is 11.8 Å². The van der Waals surface area contributed by atoms with Crippen molar-refractivity contribution in [1.29, 1.82) is 0 Å². The van der Waals surface area contributed by atoms with Crippen LogP contribution in [-0.2, 0) is 4.79 Å². The molecule has 0 radical (unpaired) electrons. The van der Waals surface area contributed by atoms with Crippen molar-refractivity contribution in [3.63, 3.8) is 0 Å². The highest BCUT2D eigenvalue weighted by atomic mass is 35.5. The van der Waals surface area contributed by atoms with Crippen molar-refractivity contribution >= 4 is 24.0 Å². The standard InChI is InChI=1S/C15H19F2N3O.ClH/c16-12-3-13(17)5-14(4-12)19-15(21)9-20-2-1-10-6-18-7-11(10)8-20;/h3-5,10-11,18H,1-2,6-9H2,(H,19,21);1H. The zero-order chi connectivity index (χ0) is 14.8. The van der Waals surface area contributed by atoms with Gasteiger partial charge in [0.2, 0.25) is 5.91 Å². The molecule has 2 fully saturated rings. The predicted molar refractivity (Wildman–Crippen MR) is 83.1 cm³/mol. The van der Waals surface area contributed by atoms with Crippen molar-refractivity contribution in [3.05, 3.63) is 29.8 Å². The highest BCUT2D eigenvalue weighted by Crippen LogP contribution is 2.26. The molecule has 0 spiro atoms. The molecule has 2 N–H and O–H groups in total. The first kappa shape index (κ1) is 17.1. The molecule has 3 rings (SSSR count). The largest absolute Gasteiger partial charge is 0.325 e. The van der Waals surface area contributed by atoms with E-state index in [2.05, 4.69) is 15.5 Å². The van der Waals surface area contributed by atoms with Gasteiger partial charge in [-0.2, -0.15) is 0 Å². The van der Waals surface area contributed by atoms with Crippen LogP contribution in [0.25, 0.3) is 0 Å². The van der Waals surface area contributed by atoms with Gasteiger partial charge in [-0.05, 0) is 50.0 Å². The van der Waals surface area contributed by atoms with E-state index in [0.29, 0.717) is 5.92 Å². The first-order valence-electron chi connectivity index (χ1n) is 7.29. The van der Waals surface area contributed by atoms with Gasteiger partial charge < -0.3 is 10.6 Å². The molecule has 2 unspecified atom stereocenters. The van der Waals surface area contributed by atoms with Crippen LogP contribution in [0, 0.1) is 23.5 Å². The normalized spacial score (nSPS) is 24.5. The summed E-state index contributed by atoms with van der Waals surface area (Å²) in [5.41, 5.74) is 0.162. The number of nitrogens with one attached hydrogen (secondary N) is 2. The summed E-state index contributed by atoms with van der Waals surface area (Å²) in [5.74, 6) is -0.282. The minimum atomic E-state index is -0.692. The number of fused-ring (bicyclic) bond motifs is 1. The second kappa shape index (κ2) is 7.35. The van der Waals surface area contributed by atoms with E-state index < -0.39 is 11.6 Å². The smallest absolute Gasteiger partial charge is 0.238 e. The lowest BCUT2D eigenvalue weighted by Crippen LogP contribution is -2.43. The molecule has 2 atom stereocenters. The summed E-state index contributed by atoms with van der Waals surface area (Å²) in [7, 11) is 0. The Bertz CT molecular complexity index is 523. The van der Waals surface area contributed by atoms with Gasteiger partial charge in [-0.1, -0.05) is 0 Å². The Morgan fingerprint density at radius 1 is 1.23 bits per heavy atom. The molecular weight excluding hydrogens is 312 g/mol. The Labute approximate surface area is 134 Å². The first-order chi connectivity index (χ1) is 10.1. The predicted octanol–water partition coefficient (Wildman–Crippen LogP) is 1.87. The van der Waals surface area contributed by atoms with Gasteiger partial charge in [0.25, 0.3) is 0 Å². The maximum Gasteiger partial charge on any atom is 0.238 e. The van der Waals surface area contributed by atoms with Gasteiger partial charge in [0, 0.05) is 18.3 Å². The highest BCUT2D eigenvalue weighted by Gasteiger charge is 2.33. The van der Waals surface area contributed by atoms with Gasteiger partial charge in [-0.3, -0.25) is 9.69 Å². The lowest BCUT2D eigenvalue weighted by molar-refractivity contribution is -0.117. The van der Waals surface area contributed by atoms with E-state index in [1.165, 1.54) is 0 Å². The Morgan fingerprint density at radius 3 is 2.64 bits per heavy atom. The number of piperidine rings is 1. The summed E-state index contributed by atoms with van der Waals surface area (Å²) >= 11 is 0.